The summed E-state index contributed by atoms with van der Waals surface area (Å²) in [5.41, 5.74) is 3.91. The molecule has 0 bridgehead atoms. The molecular formula is C36H44N8O2. The smallest absolute Gasteiger partial charge is 0.322 e. The van der Waals surface area contributed by atoms with Crippen LogP contribution in [0.1, 0.15) is 49.7 Å². The molecule has 0 atom stereocenters. The molecule has 5 rings (SSSR count). The molecule has 3 N–H and O–H groups in total. The molecule has 0 unspecified atom stereocenters. The maximum absolute atomic E-state index is 14.0. The van der Waals surface area contributed by atoms with Gasteiger partial charge in [0.1, 0.15) is 11.9 Å². The van der Waals surface area contributed by atoms with Crippen LogP contribution in [0.4, 0.5) is 27.7 Å². The molecule has 10 nitrogen and oxygen atoms in total. The van der Waals surface area contributed by atoms with Gasteiger partial charge in [0.2, 0.25) is 5.91 Å². The molecule has 1 aliphatic carbocycles. The number of aromatic nitrogens is 1. The summed E-state index contributed by atoms with van der Waals surface area (Å²) in [5, 5.41) is 18.7. The van der Waals surface area contributed by atoms with Gasteiger partial charge in [0.15, 0.2) is 0 Å². The first kappa shape index (κ1) is 32.5. The zero-order valence-corrected chi connectivity index (χ0v) is 26.8. The van der Waals surface area contributed by atoms with Crippen molar-refractivity contribution < 1.29 is 9.59 Å². The lowest BCUT2D eigenvalue weighted by Crippen LogP contribution is -2.48. The second-order valence-electron chi connectivity index (χ2n) is 12.3. The summed E-state index contributed by atoms with van der Waals surface area (Å²) in [6.45, 7) is 5.83. The molecule has 1 saturated carbocycles. The SMILES string of the molecule is C=CC(=O)Nc1cc(N(C(=O)NCc2ccccc2)C2CCC(Nc3ccc(C#N)cn3)CC2)ccc1N1CCC(N(C)C)CC1. The number of benzene rings is 2. The highest BCUT2D eigenvalue weighted by Crippen LogP contribution is 2.36. The van der Waals surface area contributed by atoms with Crippen LogP contribution < -0.4 is 25.8 Å². The first-order chi connectivity index (χ1) is 22.3. The normalized spacial score (nSPS) is 18.3. The van der Waals surface area contributed by atoms with Crippen LogP contribution in [0.2, 0.25) is 0 Å². The molecule has 1 aliphatic heterocycles. The second kappa shape index (κ2) is 15.4. The van der Waals surface area contributed by atoms with Gasteiger partial charge in [0, 0.05) is 49.6 Å². The highest BCUT2D eigenvalue weighted by atomic mass is 16.2. The van der Waals surface area contributed by atoms with Gasteiger partial charge in [-0.15, -0.1) is 0 Å². The van der Waals surface area contributed by atoms with Crippen molar-refractivity contribution in [2.75, 3.05) is 47.6 Å². The number of hydrogen-bond acceptors (Lipinski definition) is 7. The monoisotopic (exact) mass is 620 g/mol. The van der Waals surface area contributed by atoms with Crippen LogP contribution in [0.3, 0.4) is 0 Å². The van der Waals surface area contributed by atoms with Crippen molar-refractivity contribution in [3.05, 3.63) is 90.6 Å². The molecule has 2 aromatic carbocycles. The van der Waals surface area contributed by atoms with E-state index in [-0.39, 0.29) is 24.0 Å². The molecule has 2 aliphatic rings. The molecule has 3 aromatic rings. The lowest BCUT2D eigenvalue weighted by Gasteiger charge is -2.39. The van der Waals surface area contributed by atoms with Crippen LogP contribution in [0.15, 0.2) is 79.5 Å². The van der Waals surface area contributed by atoms with Gasteiger partial charge in [0.25, 0.3) is 0 Å². The van der Waals surface area contributed by atoms with E-state index in [1.165, 1.54) is 6.08 Å². The van der Waals surface area contributed by atoms with Gasteiger partial charge in [-0.2, -0.15) is 5.26 Å². The fourth-order valence-corrected chi connectivity index (χ4v) is 6.44. The fraction of sp³-hybridized carbons (Fsp3) is 0.389. The number of nitrogens with one attached hydrogen (secondary N) is 3. The van der Waals surface area contributed by atoms with E-state index in [1.807, 2.05) is 59.5 Å². The Morgan fingerprint density at radius 2 is 1.74 bits per heavy atom. The molecule has 2 fully saturated rings. The van der Waals surface area contributed by atoms with Crippen molar-refractivity contribution in [2.45, 2.75) is 63.2 Å². The predicted octanol–water partition coefficient (Wildman–Crippen LogP) is 5.75. The molecule has 1 saturated heterocycles. The Kier molecular flexibility index (Phi) is 10.9. The first-order valence-electron chi connectivity index (χ1n) is 16.1. The highest BCUT2D eigenvalue weighted by Gasteiger charge is 2.31. The number of amides is 3. The van der Waals surface area contributed by atoms with E-state index in [4.69, 9.17) is 5.26 Å². The molecule has 2 heterocycles. The van der Waals surface area contributed by atoms with Crippen LogP contribution in [0, 0.1) is 11.3 Å². The van der Waals surface area contributed by atoms with Crippen molar-refractivity contribution in [1.29, 1.82) is 5.26 Å². The molecule has 240 valence electrons. The van der Waals surface area contributed by atoms with Crippen molar-refractivity contribution in [3.8, 4) is 6.07 Å². The molecule has 3 amide bonds. The summed E-state index contributed by atoms with van der Waals surface area (Å²) >= 11 is 0. The number of urea groups is 1. The van der Waals surface area contributed by atoms with Crippen molar-refractivity contribution in [3.63, 3.8) is 0 Å². The highest BCUT2D eigenvalue weighted by molar-refractivity contribution is 6.02. The fourth-order valence-electron chi connectivity index (χ4n) is 6.44. The second-order valence-corrected chi connectivity index (χ2v) is 12.3. The Balaban J connectivity index is 1.37. The minimum atomic E-state index is -0.287. The maximum atomic E-state index is 14.0. The zero-order chi connectivity index (χ0) is 32.5. The van der Waals surface area contributed by atoms with Gasteiger partial charge in [-0.05, 0) is 94.6 Å². The number of anilines is 4. The van der Waals surface area contributed by atoms with E-state index >= 15 is 0 Å². The number of hydrogen-bond donors (Lipinski definition) is 3. The summed E-state index contributed by atoms with van der Waals surface area (Å²) in [6.07, 6.45) is 8.21. The van der Waals surface area contributed by atoms with E-state index in [2.05, 4.69) is 57.5 Å². The average Bonchev–Trinajstić information content (AvgIpc) is 3.09. The quantitative estimate of drug-likeness (QED) is 0.247. The Morgan fingerprint density at radius 1 is 1.00 bits per heavy atom. The van der Waals surface area contributed by atoms with Gasteiger partial charge < -0.3 is 25.8 Å². The molecule has 0 radical (unpaired) electrons. The van der Waals surface area contributed by atoms with Crippen LogP contribution in [-0.2, 0) is 11.3 Å². The summed E-state index contributed by atoms with van der Waals surface area (Å²) in [4.78, 5) is 37.4. The number of carbonyl (C=O) groups is 2. The Bertz CT molecular complexity index is 1520. The number of rotatable bonds is 10. The topological polar surface area (TPSA) is 117 Å². The maximum Gasteiger partial charge on any atom is 0.322 e. The Hall–Kier alpha value is -4.88. The van der Waals surface area contributed by atoms with Crippen LogP contribution >= 0.6 is 0 Å². The predicted molar refractivity (Wildman–Crippen MR) is 184 cm³/mol. The van der Waals surface area contributed by atoms with Gasteiger partial charge in [-0.25, -0.2) is 9.78 Å². The number of piperidine rings is 1. The van der Waals surface area contributed by atoms with E-state index in [9.17, 15) is 9.59 Å². The lowest BCUT2D eigenvalue weighted by atomic mass is 9.89. The van der Waals surface area contributed by atoms with Crippen LogP contribution in [-0.4, -0.2) is 67.1 Å². The summed E-state index contributed by atoms with van der Waals surface area (Å²) in [5.74, 6) is 0.456. The largest absolute Gasteiger partial charge is 0.370 e. The molecular weight excluding hydrogens is 576 g/mol. The summed E-state index contributed by atoms with van der Waals surface area (Å²) < 4.78 is 0. The van der Waals surface area contributed by atoms with Crippen LogP contribution in [0.25, 0.3) is 0 Å². The van der Waals surface area contributed by atoms with Crippen molar-refractivity contribution in [2.24, 2.45) is 0 Å². The first-order valence-corrected chi connectivity index (χ1v) is 16.1. The van der Waals surface area contributed by atoms with Gasteiger partial charge in [-0.3, -0.25) is 9.69 Å². The number of nitriles is 1. The third-order valence-corrected chi connectivity index (χ3v) is 9.05. The third kappa shape index (κ3) is 8.23. The van der Waals surface area contributed by atoms with E-state index in [1.54, 1.807) is 12.3 Å². The third-order valence-electron chi connectivity index (χ3n) is 9.05. The van der Waals surface area contributed by atoms with Gasteiger partial charge in [-0.1, -0.05) is 36.9 Å². The minimum absolute atomic E-state index is 0.0348. The average molecular weight is 621 g/mol. The van der Waals surface area contributed by atoms with Crippen molar-refractivity contribution >= 4 is 34.8 Å². The molecule has 46 heavy (non-hydrogen) atoms. The number of carbonyl (C=O) groups excluding carboxylic acids is 2. The van der Waals surface area contributed by atoms with Gasteiger partial charge in [0.05, 0.1) is 16.9 Å². The summed E-state index contributed by atoms with van der Waals surface area (Å²) in [7, 11) is 4.24. The zero-order valence-electron chi connectivity index (χ0n) is 26.8. The molecule has 1 aromatic heterocycles. The lowest BCUT2D eigenvalue weighted by molar-refractivity contribution is -0.111. The Labute approximate surface area is 272 Å². The van der Waals surface area contributed by atoms with Crippen molar-refractivity contribution in [1.82, 2.24) is 15.2 Å². The van der Waals surface area contributed by atoms with Gasteiger partial charge >= 0.3 is 6.03 Å². The number of pyridine rings is 1. The Morgan fingerprint density at radius 3 is 2.37 bits per heavy atom. The van der Waals surface area contributed by atoms with E-state index < -0.39 is 0 Å². The van der Waals surface area contributed by atoms with E-state index in [0.29, 0.717) is 23.8 Å². The molecule has 10 heteroatoms. The van der Waals surface area contributed by atoms with E-state index in [0.717, 1.165) is 74.4 Å². The molecule has 0 spiro atoms. The standard InChI is InChI=1S/C36H44N8O2/c1-4-35(45)41-32-22-31(15-16-33(32)43-20-18-29(19-21-43)42(2)3)44(36(46)39-24-26-8-6-5-7-9-26)30-13-11-28(12-14-30)40-34-17-10-27(23-37)25-38-34/h4-10,15-17,22,25,28-30H,1,11-14,18-21,24H2,2-3H3,(H,38,40)(H,39,46)(H,41,45). The minimum Gasteiger partial charge on any atom is -0.370 e. The van der Waals surface area contributed by atoms with Crippen LogP contribution in [0.5, 0.6) is 0 Å². The number of nitrogens with zero attached hydrogens (tertiary/aromatic N) is 5. The summed E-state index contributed by atoms with van der Waals surface area (Å²) in [6, 6.07) is 22.1.